The highest BCUT2D eigenvalue weighted by Crippen LogP contribution is 2.15. The molecule has 0 atom stereocenters. The molecule has 0 rings (SSSR count). The van der Waals surface area contributed by atoms with Gasteiger partial charge in [-0.05, 0) is 32.0 Å². The van der Waals surface area contributed by atoms with Crippen molar-refractivity contribution in [1.82, 2.24) is 5.32 Å². The SMILES string of the molecule is CCCC[N+](CCCS(=O)(=O)O)(CCCS(=O)(=O)O)CC(=O)NCCC[Si](C)(C)O[SiH3]. The third-order valence-corrected chi connectivity index (χ3v) is 13.0. The summed E-state index contributed by atoms with van der Waals surface area (Å²) in [6, 6.07) is 0.940. The fourth-order valence-electron chi connectivity index (χ4n) is 3.44. The molecule has 0 saturated carbocycles. The molecule has 0 heterocycles. The van der Waals surface area contributed by atoms with E-state index in [4.69, 9.17) is 13.2 Å². The Labute approximate surface area is 191 Å². The van der Waals surface area contributed by atoms with Crippen LogP contribution in [-0.2, 0) is 29.1 Å². The second-order valence-electron chi connectivity index (χ2n) is 8.72. The lowest BCUT2D eigenvalue weighted by Crippen LogP contribution is -2.55. The average Bonchev–Trinajstić information content (AvgIpc) is 2.61. The van der Waals surface area contributed by atoms with Gasteiger partial charge in [0.1, 0.15) is 10.5 Å². The summed E-state index contributed by atoms with van der Waals surface area (Å²) in [4.78, 5) is 12.7. The van der Waals surface area contributed by atoms with Gasteiger partial charge in [-0.3, -0.25) is 13.9 Å². The molecule has 0 spiro atoms. The number of nitrogens with one attached hydrogen (secondary N) is 1. The fourth-order valence-corrected chi connectivity index (χ4v) is 6.27. The number of nitrogens with zero attached hydrogens (tertiary/aromatic N) is 1. The van der Waals surface area contributed by atoms with Crippen LogP contribution in [0.3, 0.4) is 0 Å². The summed E-state index contributed by atoms with van der Waals surface area (Å²) in [6.07, 6.45) is 2.76. The van der Waals surface area contributed by atoms with Crippen molar-refractivity contribution in [2.45, 2.75) is 58.2 Å². The number of quaternary nitrogens is 1. The number of rotatable bonds is 18. The van der Waals surface area contributed by atoms with E-state index < -0.39 is 40.1 Å². The molecule has 0 bridgehead atoms. The quantitative estimate of drug-likeness (QED) is 0.100. The predicted octanol–water partition coefficient (Wildman–Crippen LogP) is 0.168. The van der Waals surface area contributed by atoms with Crippen LogP contribution in [0.5, 0.6) is 0 Å². The molecule has 0 aliphatic heterocycles. The highest BCUT2D eigenvalue weighted by molar-refractivity contribution is 7.86. The zero-order valence-electron chi connectivity index (χ0n) is 19.3. The molecule has 0 radical (unpaired) electrons. The standard InChI is InChI=1S/C17H40N2O8S2Si2/c1-4-5-10-19(11-7-13-28(21,22)23,12-8-14-29(24,25)26)16-17(20)18-9-6-15-31(2,3)27-30/h4-16H2,1-3,30H3,(H2-,18,20,21,22,23,24,25,26)/p+1. The van der Waals surface area contributed by atoms with Crippen LogP contribution in [0, 0.1) is 0 Å². The van der Waals surface area contributed by atoms with Crippen molar-refractivity contribution in [3.05, 3.63) is 0 Å². The molecule has 10 nitrogen and oxygen atoms in total. The maximum Gasteiger partial charge on any atom is 0.275 e. The highest BCUT2D eigenvalue weighted by atomic mass is 32.2. The molecule has 0 aliphatic carbocycles. The van der Waals surface area contributed by atoms with Crippen molar-refractivity contribution in [3.63, 3.8) is 0 Å². The van der Waals surface area contributed by atoms with Crippen LogP contribution in [0.25, 0.3) is 0 Å². The van der Waals surface area contributed by atoms with Crippen molar-refractivity contribution in [3.8, 4) is 0 Å². The molecule has 0 aromatic heterocycles. The van der Waals surface area contributed by atoms with Gasteiger partial charge in [0.05, 0.1) is 31.1 Å². The minimum Gasteiger partial charge on any atom is -0.463 e. The zero-order valence-corrected chi connectivity index (χ0v) is 23.9. The molecule has 0 aromatic rings. The summed E-state index contributed by atoms with van der Waals surface area (Å²) in [6.45, 7) is 8.08. The summed E-state index contributed by atoms with van der Waals surface area (Å²) in [5, 5.41) is 2.91. The monoisotopic (exact) mass is 521 g/mol. The van der Waals surface area contributed by atoms with Crippen LogP contribution >= 0.6 is 0 Å². The first-order valence-electron chi connectivity index (χ1n) is 10.7. The normalized spacial score (nSPS) is 13.5. The van der Waals surface area contributed by atoms with Crippen molar-refractivity contribution in [2.24, 2.45) is 0 Å². The molecule has 0 aliphatic rings. The van der Waals surface area contributed by atoms with Gasteiger partial charge in [-0.1, -0.05) is 13.3 Å². The molecular weight excluding hydrogens is 480 g/mol. The number of carbonyl (C=O) groups excluding carboxylic acids is 1. The van der Waals surface area contributed by atoms with E-state index in [2.05, 4.69) is 18.4 Å². The first-order valence-corrected chi connectivity index (χ1v) is 17.9. The third kappa shape index (κ3) is 16.9. The Bertz CT molecular complexity index is 707. The predicted molar refractivity (Wildman–Crippen MR) is 128 cm³/mol. The molecule has 0 aromatic carbocycles. The fraction of sp³-hybridized carbons (Fsp3) is 0.941. The van der Waals surface area contributed by atoms with Crippen LogP contribution in [0.1, 0.15) is 39.0 Å². The molecular formula is C17H41N2O8S2Si2+. The Hall–Kier alpha value is -0.356. The van der Waals surface area contributed by atoms with Crippen molar-refractivity contribution < 1.29 is 39.3 Å². The molecule has 0 unspecified atom stereocenters. The Morgan fingerprint density at radius 3 is 1.87 bits per heavy atom. The molecule has 0 saturated heterocycles. The van der Waals surface area contributed by atoms with E-state index in [1.54, 1.807) is 0 Å². The van der Waals surface area contributed by atoms with Gasteiger partial charge >= 0.3 is 0 Å². The van der Waals surface area contributed by atoms with Gasteiger partial charge in [0.15, 0.2) is 14.9 Å². The number of hydrogen-bond donors (Lipinski definition) is 3. The van der Waals surface area contributed by atoms with Gasteiger partial charge < -0.3 is 13.9 Å². The third-order valence-electron chi connectivity index (χ3n) is 5.36. The summed E-state index contributed by atoms with van der Waals surface area (Å²) in [7, 11) is -9.19. The van der Waals surface area contributed by atoms with E-state index in [0.29, 0.717) is 36.7 Å². The molecule has 186 valence electrons. The van der Waals surface area contributed by atoms with Gasteiger partial charge in [-0.25, -0.2) is 0 Å². The Morgan fingerprint density at radius 1 is 0.968 bits per heavy atom. The summed E-state index contributed by atoms with van der Waals surface area (Å²) in [5.41, 5.74) is 0. The molecule has 31 heavy (non-hydrogen) atoms. The molecule has 14 heteroatoms. The van der Waals surface area contributed by atoms with Crippen LogP contribution < -0.4 is 5.32 Å². The van der Waals surface area contributed by atoms with E-state index in [0.717, 1.165) is 25.3 Å². The summed E-state index contributed by atoms with van der Waals surface area (Å²) < 4.78 is 68.5. The first-order chi connectivity index (χ1) is 14.1. The van der Waals surface area contributed by atoms with Crippen molar-refractivity contribution in [2.75, 3.05) is 44.2 Å². The van der Waals surface area contributed by atoms with E-state index in [1.807, 2.05) is 6.92 Å². The number of unbranched alkanes of at least 4 members (excludes halogenated alkanes) is 1. The van der Waals surface area contributed by atoms with E-state index in [1.165, 1.54) is 0 Å². The highest BCUT2D eigenvalue weighted by Gasteiger charge is 2.31. The zero-order chi connectivity index (χ0) is 24.2. The van der Waals surface area contributed by atoms with E-state index >= 15 is 0 Å². The van der Waals surface area contributed by atoms with Crippen LogP contribution in [-0.4, -0.2) is 99.4 Å². The lowest BCUT2D eigenvalue weighted by molar-refractivity contribution is -0.921. The van der Waals surface area contributed by atoms with Gasteiger partial charge in [0.25, 0.3) is 26.1 Å². The molecule has 0 fully saturated rings. The largest absolute Gasteiger partial charge is 0.463 e. The smallest absolute Gasteiger partial charge is 0.275 e. The molecule has 1 amide bonds. The lowest BCUT2D eigenvalue weighted by atomic mass is 10.2. The van der Waals surface area contributed by atoms with E-state index in [-0.39, 0.29) is 29.8 Å². The van der Waals surface area contributed by atoms with Gasteiger partial charge in [-0.2, -0.15) is 16.8 Å². The van der Waals surface area contributed by atoms with Crippen molar-refractivity contribution >= 4 is 44.9 Å². The topological polar surface area (TPSA) is 147 Å². The number of amides is 1. The Morgan fingerprint density at radius 2 is 1.45 bits per heavy atom. The van der Waals surface area contributed by atoms with Crippen LogP contribution in [0.15, 0.2) is 0 Å². The van der Waals surface area contributed by atoms with Gasteiger partial charge in [0, 0.05) is 19.4 Å². The Kier molecular flexibility index (Phi) is 13.9. The first kappa shape index (κ1) is 30.6. The number of hydrogen-bond acceptors (Lipinski definition) is 6. The van der Waals surface area contributed by atoms with E-state index in [9.17, 15) is 21.6 Å². The van der Waals surface area contributed by atoms with Crippen LogP contribution in [0.2, 0.25) is 19.1 Å². The summed E-state index contributed by atoms with van der Waals surface area (Å²) >= 11 is 0. The maximum absolute atomic E-state index is 12.7. The van der Waals surface area contributed by atoms with Gasteiger partial charge in [-0.15, -0.1) is 0 Å². The Balaban J connectivity index is 5.16. The summed E-state index contributed by atoms with van der Waals surface area (Å²) in [5.74, 6) is -1.01. The second-order valence-corrected chi connectivity index (χ2v) is 17.5. The maximum atomic E-state index is 12.7. The second kappa shape index (κ2) is 14.0. The van der Waals surface area contributed by atoms with Crippen molar-refractivity contribution in [1.29, 1.82) is 0 Å². The molecule has 3 N–H and O–H groups in total. The minimum absolute atomic E-state index is 0.0922. The van der Waals surface area contributed by atoms with Gasteiger partial charge in [0.2, 0.25) is 0 Å². The average molecular weight is 522 g/mol. The number of carbonyl (C=O) groups is 1. The lowest BCUT2D eigenvalue weighted by Gasteiger charge is -2.38. The minimum atomic E-state index is -4.13. The van der Waals surface area contributed by atoms with Crippen LogP contribution in [0.4, 0.5) is 0 Å².